The van der Waals surface area contributed by atoms with Crippen LogP contribution in [0.1, 0.15) is 39.2 Å². The molecule has 0 radical (unpaired) electrons. The first-order chi connectivity index (χ1) is 15.8. The Hall–Kier alpha value is -3.85. The molecule has 2 amide bonds. The molecule has 0 aliphatic carbocycles. The standard InChI is InChI=1S/C24H25N3O5S/c1-16(17-9-5-4-6-10-17)26-24(29)19-11-7-8-12-21(19)27-33(30,31)18-13-14-22(32-3)20(15-18)23(28)25-2/h4-16,27H,1-3H3,(H,25,28)(H,26,29). The minimum Gasteiger partial charge on any atom is -0.496 e. The zero-order valence-corrected chi connectivity index (χ0v) is 19.3. The average Bonchev–Trinajstić information content (AvgIpc) is 2.83. The number of carbonyl (C=O) groups is 2. The Balaban J connectivity index is 1.88. The number of hydrogen-bond acceptors (Lipinski definition) is 5. The average molecular weight is 468 g/mol. The summed E-state index contributed by atoms with van der Waals surface area (Å²) in [5.74, 6) is -0.674. The summed E-state index contributed by atoms with van der Waals surface area (Å²) in [7, 11) is -1.28. The molecule has 3 aromatic carbocycles. The van der Waals surface area contributed by atoms with E-state index in [4.69, 9.17) is 4.74 Å². The molecule has 172 valence electrons. The predicted octanol–water partition coefficient (Wildman–Crippen LogP) is 3.35. The molecule has 0 saturated carbocycles. The van der Waals surface area contributed by atoms with E-state index in [1.807, 2.05) is 37.3 Å². The molecule has 8 nitrogen and oxygen atoms in total. The summed E-state index contributed by atoms with van der Waals surface area (Å²) < 4.78 is 33.7. The molecule has 1 atom stereocenters. The van der Waals surface area contributed by atoms with Gasteiger partial charge in [-0.05, 0) is 42.8 Å². The van der Waals surface area contributed by atoms with Gasteiger partial charge in [0.2, 0.25) is 0 Å². The number of nitrogens with one attached hydrogen (secondary N) is 3. The predicted molar refractivity (Wildman–Crippen MR) is 126 cm³/mol. The van der Waals surface area contributed by atoms with Crippen molar-refractivity contribution in [3.05, 3.63) is 89.5 Å². The quantitative estimate of drug-likeness (QED) is 0.470. The lowest BCUT2D eigenvalue weighted by molar-refractivity contribution is 0.0937. The lowest BCUT2D eigenvalue weighted by atomic mass is 10.1. The van der Waals surface area contributed by atoms with Crippen molar-refractivity contribution in [1.29, 1.82) is 0 Å². The van der Waals surface area contributed by atoms with Crippen LogP contribution in [0.3, 0.4) is 0 Å². The molecule has 0 aliphatic rings. The maximum Gasteiger partial charge on any atom is 0.261 e. The Labute approximate surface area is 193 Å². The summed E-state index contributed by atoms with van der Waals surface area (Å²) in [5, 5.41) is 5.33. The highest BCUT2D eigenvalue weighted by atomic mass is 32.2. The van der Waals surface area contributed by atoms with Crippen LogP contribution in [0.5, 0.6) is 5.75 Å². The first-order valence-electron chi connectivity index (χ1n) is 10.1. The third kappa shape index (κ3) is 5.50. The van der Waals surface area contributed by atoms with Gasteiger partial charge in [-0.3, -0.25) is 14.3 Å². The number of benzene rings is 3. The molecule has 0 saturated heterocycles. The van der Waals surface area contributed by atoms with Crippen molar-refractivity contribution in [2.24, 2.45) is 0 Å². The van der Waals surface area contributed by atoms with Gasteiger partial charge in [0, 0.05) is 7.05 Å². The van der Waals surface area contributed by atoms with Crippen LogP contribution in [0.15, 0.2) is 77.7 Å². The second-order valence-electron chi connectivity index (χ2n) is 7.20. The summed E-state index contributed by atoms with van der Waals surface area (Å²) in [6.45, 7) is 1.84. The number of carbonyl (C=O) groups excluding carboxylic acids is 2. The smallest absolute Gasteiger partial charge is 0.261 e. The van der Waals surface area contributed by atoms with Crippen LogP contribution < -0.4 is 20.1 Å². The van der Waals surface area contributed by atoms with Crippen LogP contribution in [0.4, 0.5) is 5.69 Å². The zero-order valence-electron chi connectivity index (χ0n) is 18.5. The fourth-order valence-corrected chi connectivity index (χ4v) is 4.35. The van der Waals surface area contributed by atoms with Crippen molar-refractivity contribution in [3.8, 4) is 5.75 Å². The lowest BCUT2D eigenvalue weighted by Crippen LogP contribution is -2.28. The van der Waals surface area contributed by atoms with Gasteiger partial charge in [0.15, 0.2) is 0 Å². The van der Waals surface area contributed by atoms with Crippen LogP contribution >= 0.6 is 0 Å². The van der Waals surface area contributed by atoms with Gasteiger partial charge >= 0.3 is 0 Å². The van der Waals surface area contributed by atoms with Crippen molar-refractivity contribution < 1.29 is 22.7 Å². The number of sulfonamides is 1. The van der Waals surface area contributed by atoms with E-state index in [0.29, 0.717) is 0 Å². The van der Waals surface area contributed by atoms with E-state index in [1.165, 1.54) is 44.5 Å². The molecule has 0 heterocycles. The zero-order chi connectivity index (χ0) is 24.0. The van der Waals surface area contributed by atoms with Gasteiger partial charge in [-0.1, -0.05) is 42.5 Å². The van der Waals surface area contributed by atoms with Gasteiger partial charge in [-0.2, -0.15) is 0 Å². The molecule has 0 bridgehead atoms. The third-order valence-corrected chi connectivity index (χ3v) is 6.38. The van der Waals surface area contributed by atoms with Crippen LogP contribution in [0.2, 0.25) is 0 Å². The van der Waals surface area contributed by atoms with E-state index in [2.05, 4.69) is 15.4 Å². The van der Waals surface area contributed by atoms with E-state index < -0.39 is 21.8 Å². The highest BCUT2D eigenvalue weighted by molar-refractivity contribution is 7.92. The summed E-state index contributed by atoms with van der Waals surface area (Å²) in [5.41, 5.74) is 1.28. The van der Waals surface area contributed by atoms with Crippen LogP contribution in [0, 0.1) is 0 Å². The Morgan fingerprint density at radius 3 is 2.21 bits per heavy atom. The van der Waals surface area contributed by atoms with Gasteiger partial charge in [0.05, 0.1) is 34.9 Å². The van der Waals surface area contributed by atoms with Gasteiger partial charge < -0.3 is 15.4 Å². The van der Waals surface area contributed by atoms with E-state index >= 15 is 0 Å². The largest absolute Gasteiger partial charge is 0.496 e. The molecule has 1 unspecified atom stereocenters. The molecule has 9 heteroatoms. The Morgan fingerprint density at radius 2 is 1.55 bits per heavy atom. The minimum absolute atomic E-state index is 0.0746. The van der Waals surface area contributed by atoms with Crippen LogP contribution in [0.25, 0.3) is 0 Å². The van der Waals surface area contributed by atoms with Gasteiger partial charge in [-0.25, -0.2) is 8.42 Å². The fourth-order valence-electron chi connectivity index (χ4n) is 3.24. The number of hydrogen-bond donors (Lipinski definition) is 3. The molecule has 3 aromatic rings. The number of methoxy groups -OCH3 is 1. The number of anilines is 1. The van der Waals surface area contributed by atoms with E-state index in [1.54, 1.807) is 12.1 Å². The van der Waals surface area contributed by atoms with Gasteiger partial charge in [-0.15, -0.1) is 0 Å². The van der Waals surface area contributed by atoms with E-state index in [9.17, 15) is 18.0 Å². The molecule has 0 aliphatic heterocycles. The van der Waals surface area contributed by atoms with Crippen molar-refractivity contribution in [2.45, 2.75) is 17.9 Å². The van der Waals surface area contributed by atoms with Crippen molar-refractivity contribution in [3.63, 3.8) is 0 Å². The molecule has 0 aromatic heterocycles. The second-order valence-corrected chi connectivity index (χ2v) is 8.88. The van der Waals surface area contributed by atoms with Gasteiger partial charge in [0.25, 0.3) is 21.8 Å². The Bertz CT molecular complexity index is 1260. The molecular formula is C24H25N3O5S. The van der Waals surface area contributed by atoms with Crippen LogP contribution in [-0.4, -0.2) is 34.4 Å². The number of para-hydroxylation sites is 1. The molecule has 33 heavy (non-hydrogen) atoms. The van der Waals surface area contributed by atoms with Gasteiger partial charge in [0.1, 0.15) is 5.75 Å². The Morgan fingerprint density at radius 1 is 0.879 bits per heavy atom. The lowest BCUT2D eigenvalue weighted by Gasteiger charge is -2.17. The number of amides is 2. The first kappa shape index (κ1) is 23.8. The van der Waals surface area contributed by atoms with Crippen molar-refractivity contribution in [2.75, 3.05) is 18.9 Å². The molecular weight excluding hydrogens is 442 g/mol. The number of ether oxygens (including phenoxy) is 1. The molecule has 0 fully saturated rings. The van der Waals surface area contributed by atoms with E-state index in [0.717, 1.165) is 5.56 Å². The maximum absolute atomic E-state index is 13.1. The number of rotatable bonds is 8. The normalized spacial score (nSPS) is 11.8. The SMILES string of the molecule is CNC(=O)c1cc(S(=O)(=O)Nc2ccccc2C(=O)NC(C)c2ccccc2)ccc1OC. The first-order valence-corrected chi connectivity index (χ1v) is 11.6. The molecule has 3 N–H and O–H groups in total. The fraction of sp³-hybridized carbons (Fsp3) is 0.167. The van der Waals surface area contributed by atoms with Crippen molar-refractivity contribution in [1.82, 2.24) is 10.6 Å². The van der Waals surface area contributed by atoms with Crippen molar-refractivity contribution >= 4 is 27.5 Å². The molecule has 0 spiro atoms. The summed E-state index contributed by atoms with van der Waals surface area (Å²) in [6, 6.07) is 19.4. The monoisotopic (exact) mass is 467 g/mol. The minimum atomic E-state index is -4.10. The highest BCUT2D eigenvalue weighted by Crippen LogP contribution is 2.26. The summed E-state index contributed by atoms with van der Waals surface area (Å²) in [6.07, 6.45) is 0. The third-order valence-electron chi connectivity index (χ3n) is 5.02. The summed E-state index contributed by atoms with van der Waals surface area (Å²) >= 11 is 0. The summed E-state index contributed by atoms with van der Waals surface area (Å²) in [4.78, 5) is 24.9. The van der Waals surface area contributed by atoms with E-state index in [-0.39, 0.29) is 33.5 Å². The second kappa shape index (κ2) is 10.2. The Kier molecular flexibility index (Phi) is 7.34. The highest BCUT2D eigenvalue weighted by Gasteiger charge is 2.22. The van der Waals surface area contributed by atoms with Crippen LogP contribution in [-0.2, 0) is 10.0 Å². The molecule has 3 rings (SSSR count). The maximum atomic E-state index is 13.1. The topological polar surface area (TPSA) is 114 Å².